The molecule has 0 aliphatic carbocycles. The number of piperidine rings is 1. The second-order valence-electron chi connectivity index (χ2n) is 5.60. The smallest absolute Gasteiger partial charge is 0.222 e. The van der Waals surface area contributed by atoms with Crippen molar-refractivity contribution in [2.24, 2.45) is 5.73 Å². The maximum Gasteiger partial charge on any atom is 0.222 e. The summed E-state index contributed by atoms with van der Waals surface area (Å²) in [5, 5.41) is 0. The largest absolute Gasteiger partial charge is 0.492 e. The fourth-order valence-electron chi connectivity index (χ4n) is 2.69. The molecule has 1 aromatic carbocycles. The summed E-state index contributed by atoms with van der Waals surface area (Å²) in [4.78, 5) is 14.2. The number of ether oxygens (including phenoxy) is 1. The number of hydrogen-bond acceptors (Lipinski definition) is 3. The van der Waals surface area contributed by atoms with E-state index in [9.17, 15) is 4.79 Å². The quantitative estimate of drug-likeness (QED) is 0.827. The summed E-state index contributed by atoms with van der Waals surface area (Å²) in [6, 6.07) is 8.24. The summed E-state index contributed by atoms with van der Waals surface area (Å²) in [5.41, 5.74) is 5.93. The molecule has 4 nitrogen and oxygen atoms in total. The van der Waals surface area contributed by atoms with Gasteiger partial charge in [-0.15, -0.1) is 0 Å². The molecular formula is C16H23BrN2O2. The number of carbonyl (C=O) groups is 1. The van der Waals surface area contributed by atoms with Gasteiger partial charge >= 0.3 is 0 Å². The molecule has 1 aromatic rings. The van der Waals surface area contributed by atoms with E-state index in [0.717, 1.165) is 36.0 Å². The van der Waals surface area contributed by atoms with Gasteiger partial charge in [-0.2, -0.15) is 0 Å². The Balaban J connectivity index is 1.71. The lowest BCUT2D eigenvalue weighted by atomic mass is 9.98. The first-order chi connectivity index (χ1) is 10.1. The highest BCUT2D eigenvalue weighted by Gasteiger charge is 2.26. The number of hydrogen-bond donors (Lipinski definition) is 1. The minimum absolute atomic E-state index is 0.213. The number of rotatable bonds is 5. The van der Waals surface area contributed by atoms with Crippen LogP contribution in [0.15, 0.2) is 28.7 Å². The van der Waals surface area contributed by atoms with Gasteiger partial charge in [-0.3, -0.25) is 4.79 Å². The molecule has 0 radical (unpaired) electrons. The van der Waals surface area contributed by atoms with Gasteiger partial charge in [-0.1, -0.05) is 12.1 Å². The zero-order chi connectivity index (χ0) is 15.2. The van der Waals surface area contributed by atoms with Crippen molar-refractivity contribution < 1.29 is 9.53 Å². The Morgan fingerprint density at radius 1 is 1.48 bits per heavy atom. The molecule has 1 heterocycles. The molecule has 0 bridgehead atoms. The van der Waals surface area contributed by atoms with Crippen molar-refractivity contribution in [1.29, 1.82) is 0 Å². The Kier molecular flexibility index (Phi) is 6.06. The van der Waals surface area contributed by atoms with E-state index >= 15 is 0 Å². The van der Waals surface area contributed by atoms with Crippen molar-refractivity contribution in [3.8, 4) is 5.75 Å². The molecule has 1 fully saturated rings. The van der Waals surface area contributed by atoms with Crippen LogP contribution >= 0.6 is 15.9 Å². The minimum atomic E-state index is 0.213. The van der Waals surface area contributed by atoms with Crippen molar-refractivity contribution in [3.63, 3.8) is 0 Å². The lowest BCUT2D eigenvalue weighted by Crippen LogP contribution is -2.48. The van der Waals surface area contributed by atoms with Gasteiger partial charge in [0.05, 0.1) is 11.1 Å². The maximum absolute atomic E-state index is 12.2. The highest BCUT2D eigenvalue weighted by molar-refractivity contribution is 9.10. The van der Waals surface area contributed by atoms with Gasteiger partial charge in [0.25, 0.3) is 0 Å². The summed E-state index contributed by atoms with van der Waals surface area (Å²) in [5.74, 6) is 1.03. The van der Waals surface area contributed by atoms with Crippen LogP contribution in [0, 0.1) is 0 Å². The molecule has 2 N–H and O–H groups in total. The molecule has 21 heavy (non-hydrogen) atoms. The topological polar surface area (TPSA) is 55.6 Å². The zero-order valence-corrected chi connectivity index (χ0v) is 14.0. The standard InChI is InChI=1S/C16H23BrN2O2/c1-12-11-13(18)8-9-19(12)16(20)7-4-10-21-15-6-3-2-5-14(15)17/h2-3,5-6,12-13H,4,7-11,18H2,1H3/t12-,13+/m0/s1. The number of carbonyl (C=O) groups excluding carboxylic acids is 1. The van der Waals surface area contributed by atoms with Crippen molar-refractivity contribution in [3.05, 3.63) is 28.7 Å². The monoisotopic (exact) mass is 354 g/mol. The van der Waals surface area contributed by atoms with E-state index in [0.29, 0.717) is 13.0 Å². The fourth-order valence-corrected chi connectivity index (χ4v) is 3.09. The minimum Gasteiger partial charge on any atom is -0.492 e. The Labute approximate surface area is 134 Å². The molecule has 1 amide bonds. The van der Waals surface area contributed by atoms with E-state index in [1.54, 1.807) is 0 Å². The first kappa shape index (κ1) is 16.3. The van der Waals surface area contributed by atoms with Crippen LogP contribution < -0.4 is 10.5 Å². The third-order valence-corrected chi connectivity index (χ3v) is 4.52. The van der Waals surface area contributed by atoms with E-state index in [-0.39, 0.29) is 18.0 Å². The summed E-state index contributed by atoms with van der Waals surface area (Å²) in [6.45, 7) is 3.41. The normalized spacial score (nSPS) is 22.1. The van der Waals surface area contributed by atoms with E-state index < -0.39 is 0 Å². The molecule has 1 aliphatic heterocycles. The third-order valence-electron chi connectivity index (χ3n) is 3.87. The van der Waals surface area contributed by atoms with Gasteiger partial charge < -0.3 is 15.4 Å². The van der Waals surface area contributed by atoms with Crippen LogP contribution in [0.25, 0.3) is 0 Å². The molecule has 0 spiro atoms. The highest BCUT2D eigenvalue weighted by Crippen LogP contribution is 2.24. The number of benzene rings is 1. The van der Waals surface area contributed by atoms with Crippen molar-refractivity contribution >= 4 is 21.8 Å². The second kappa shape index (κ2) is 7.80. The average molecular weight is 355 g/mol. The number of likely N-dealkylation sites (tertiary alicyclic amines) is 1. The van der Waals surface area contributed by atoms with Crippen LogP contribution in [0.1, 0.15) is 32.6 Å². The van der Waals surface area contributed by atoms with Crippen molar-refractivity contribution in [2.75, 3.05) is 13.2 Å². The highest BCUT2D eigenvalue weighted by atomic mass is 79.9. The van der Waals surface area contributed by atoms with Gasteiger partial charge in [0.2, 0.25) is 5.91 Å². The molecule has 0 aromatic heterocycles. The Morgan fingerprint density at radius 2 is 2.24 bits per heavy atom. The second-order valence-corrected chi connectivity index (χ2v) is 6.46. The third kappa shape index (κ3) is 4.71. The number of nitrogens with zero attached hydrogens (tertiary/aromatic N) is 1. The summed E-state index contributed by atoms with van der Waals surface area (Å²) >= 11 is 3.44. The zero-order valence-electron chi connectivity index (χ0n) is 12.4. The molecular weight excluding hydrogens is 332 g/mol. The number of halogens is 1. The Hall–Kier alpha value is -1.07. The fraction of sp³-hybridized carbons (Fsp3) is 0.562. The molecule has 1 aliphatic rings. The van der Waals surface area contributed by atoms with Crippen LogP contribution in [0.5, 0.6) is 5.75 Å². The van der Waals surface area contributed by atoms with Crippen LogP contribution in [-0.4, -0.2) is 36.0 Å². The number of para-hydroxylation sites is 1. The molecule has 2 atom stereocenters. The predicted octanol–water partition coefficient (Wildman–Crippen LogP) is 2.95. The summed E-state index contributed by atoms with van der Waals surface area (Å²) < 4.78 is 6.62. The van der Waals surface area contributed by atoms with E-state index in [2.05, 4.69) is 22.9 Å². The number of nitrogens with two attached hydrogens (primary N) is 1. The van der Waals surface area contributed by atoms with Crippen LogP contribution in [0.2, 0.25) is 0 Å². The summed E-state index contributed by atoms with van der Waals surface area (Å²) in [6.07, 6.45) is 3.07. The number of amides is 1. The van der Waals surface area contributed by atoms with Gasteiger partial charge in [0, 0.05) is 25.0 Å². The molecule has 2 rings (SSSR count). The molecule has 116 valence electrons. The molecule has 1 saturated heterocycles. The first-order valence-corrected chi connectivity index (χ1v) is 8.29. The van der Waals surface area contributed by atoms with Crippen LogP contribution in [0.3, 0.4) is 0 Å². The Morgan fingerprint density at radius 3 is 2.95 bits per heavy atom. The van der Waals surface area contributed by atoms with Crippen LogP contribution in [0.4, 0.5) is 0 Å². The van der Waals surface area contributed by atoms with Gasteiger partial charge in [-0.25, -0.2) is 0 Å². The lowest BCUT2D eigenvalue weighted by molar-refractivity contribution is -0.134. The average Bonchev–Trinajstić information content (AvgIpc) is 2.45. The van der Waals surface area contributed by atoms with Gasteiger partial charge in [0.1, 0.15) is 5.75 Å². The van der Waals surface area contributed by atoms with E-state index in [4.69, 9.17) is 10.5 Å². The van der Waals surface area contributed by atoms with Crippen molar-refractivity contribution in [2.45, 2.75) is 44.7 Å². The molecule has 5 heteroatoms. The van der Waals surface area contributed by atoms with Gasteiger partial charge in [0.15, 0.2) is 0 Å². The summed E-state index contributed by atoms with van der Waals surface area (Å²) in [7, 11) is 0. The predicted molar refractivity (Wildman–Crippen MR) is 87.3 cm³/mol. The SMILES string of the molecule is C[C@H]1C[C@H](N)CCN1C(=O)CCCOc1ccccc1Br. The first-order valence-electron chi connectivity index (χ1n) is 7.50. The molecule has 0 saturated carbocycles. The van der Waals surface area contributed by atoms with Crippen LogP contribution in [-0.2, 0) is 4.79 Å². The maximum atomic E-state index is 12.2. The van der Waals surface area contributed by atoms with E-state index in [1.807, 2.05) is 29.2 Å². The van der Waals surface area contributed by atoms with Gasteiger partial charge in [-0.05, 0) is 54.2 Å². The molecule has 0 unspecified atom stereocenters. The lowest BCUT2D eigenvalue weighted by Gasteiger charge is -2.36. The van der Waals surface area contributed by atoms with E-state index in [1.165, 1.54) is 0 Å². The van der Waals surface area contributed by atoms with Crippen molar-refractivity contribution in [1.82, 2.24) is 4.90 Å². The Bertz CT molecular complexity index is 481.